The Hall–Kier alpha value is -3.39. The Bertz CT molecular complexity index is 1150. The predicted octanol–water partition coefficient (Wildman–Crippen LogP) is 6.27. The van der Waals surface area contributed by atoms with E-state index < -0.39 is 0 Å². The molecule has 1 aliphatic rings. The molecule has 0 N–H and O–H groups in total. The molecule has 0 radical (unpaired) electrons. The maximum absolute atomic E-state index is 12.6. The highest BCUT2D eigenvalue weighted by Crippen LogP contribution is 2.46. The van der Waals surface area contributed by atoms with Crippen LogP contribution >= 0.6 is 0 Å². The van der Waals surface area contributed by atoms with Crippen LogP contribution < -0.4 is 0 Å². The summed E-state index contributed by atoms with van der Waals surface area (Å²) in [6.07, 6.45) is 0.552. The Morgan fingerprint density at radius 3 is 2.21 bits per heavy atom. The molecule has 2 nitrogen and oxygen atoms in total. The van der Waals surface area contributed by atoms with E-state index in [0.29, 0.717) is 5.56 Å². The number of carbonyl (C=O) groups is 1. The molecule has 136 valence electrons. The Labute approximate surface area is 164 Å². The second kappa shape index (κ2) is 6.97. The van der Waals surface area contributed by atoms with Crippen molar-refractivity contribution in [1.29, 1.82) is 0 Å². The van der Waals surface area contributed by atoms with Crippen molar-refractivity contribution in [3.63, 3.8) is 0 Å². The van der Waals surface area contributed by atoms with Crippen LogP contribution in [0.25, 0.3) is 10.8 Å². The van der Waals surface area contributed by atoms with Crippen molar-refractivity contribution in [3.8, 4) is 0 Å². The van der Waals surface area contributed by atoms with Crippen molar-refractivity contribution in [2.24, 2.45) is 0 Å². The van der Waals surface area contributed by atoms with E-state index in [2.05, 4.69) is 60.7 Å². The lowest BCUT2D eigenvalue weighted by Crippen LogP contribution is -2.09. The summed E-state index contributed by atoms with van der Waals surface area (Å²) in [6, 6.07) is 32.6. The number of rotatable bonds is 3. The molecule has 4 aromatic carbocycles. The standard InChI is InChI=1S/C26H20O2/c27-26(19-9-2-1-3-10-19)28-25-17-24(22-12-6-7-13-23(22)25)21-15-14-18-8-4-5-11-20(18)16-21/h1-16,24-25H,17H2/t24-,25+/m0/s1. The first-order chi connectivity index (χ1) is 13.8. The van der Waals surface area contributed by atoms with Gasteiger partial charge in [0.1, 0.15) is 6.10 Å². The monoisotopic (exact) mass is 364 g/mol. The van der Waals surface area contributed by atoms with Crippen LogP contribution in [-0.2, 0) is 4.74 Å². The summed E-state index contributed by atoms with van der Waals surface area (Å²) in [5.74, 6) is -0.0334. The van der Waals surface area contributed by atoms with E-state index in [9.17, 15) is 4.79 Å². The fourth-order valence-corrected chi connectivity index (χ4v) is 4.21. The fourth-order valence-electron chi connectivity index (χ4n) is 4.21. The summed E-state index contributed by atoms with van der Waals surface area (Å²) in [4.78, 5) is 12.6. The second-order valence-corrected chi connectivity index (χ2v) is 7.28. The van der Waals surface area contributed by atoms with Gasteiger partial charge in [-0.05, 0) is 46.0 Å². The largest absolute Gasteiger partial charge is 0.454 e. The molecular formula is C26H20O2. The van der Waals surface area contributed by atoms with Gasteiger partial charge in [0.2, 0.25) is 0 Å². The third kappa shape index (κ3) is 2.97. The molecule has 28 heavy (non-hydrogen) atoms. The number of ether oxygens (including phenoxy) is 1. The molecule has 0 fully saturated rings. The topological polar surface area (TPSA) is 26.3 Å². The highest BCUT2D eigenvalue weighted by Gasteiger charge is 2.34. The summed E-state index contributed by atoms with van der Waals surface area (Å²) >= 11 is 0. The molecule has 0 heterocycles. The van der Waals surface area contributed by atoms with Gasteiger partial charge in [0.15, 0.2) is 0 Å². The molecule has 2 atom stereocenters. The first-order valence-electron chi connectivity index (χ1n) is 9.63. The maximum Gasteiger partial charge on any atom is 0.338 e. The first kappa shape index (κ1) is 16.8. The van der Waals surface area contributed by atoms with Crippen LogP contribution in [0.5, 0.6) is 0 Å². The van der Waals surface area contributed by atoms with E-state index in [0.717, 1.165) is 12.0 Å². The molecule has 0 aromatic heterocycles. The van der Waals surface area contributed by atoms with Gasteiger partial charge in [-0.15, -0.1) is 0 Å². The summed E-state index contributed by atoms with van der Waals surface area (Å²) in [7, 11) is 0. The summed E-state index contributed by atoms with van der Waals surface area (Å²) in [6.45, 7) is 0. The third-order valence-corrected chi connectivity index (χ3v) is 5.60. The van der Waals surface area contributed by atoms with Gasteiger partial charge in [-0.1, -0.05) is 84.9 Å². The zero-order valence-corrected chi connectivity index (χ0v) is 15.4. The predicted molar refractivity (Wildman–Crippen MR) is 111 cm³/mol. The molecular weight excluding hydrogens is 344 g/mol. The van der Waals surface area contributed by atoms with Crippen molar-refractivity contribution in [1.82, 2.24) is 0 Å². The number of hydrogen-bond acceptors (Lipinski definition) is 2. The lowest BCUT2D eigenvalue weighted by Gasteiger charge is -2.15. The van der Waals surface area contributed by atoms with Crippen molar-refractivity contribution in [2.75, 3.05) is 0 Å². The highest BCUT2D eigenvalue weighted by atomic mass is 16.5. The minimum absolute atomic E-state index is 0.222. The summed E-state index contributed by atoms with van der Waals surface area (Å²) in [5.41, 5.74) is 4.23. The first-order valence-corrected chi connectivity index (χ1v) is 9.63. The van der Waals surface area contributed by atoms with Crippen molar-refractivity contribution in [3.05, 3.63) is 119 Å². The smallest absolute Gasteiger partial charge is 0.338 e. The number of hydrogen-bond donors (Lipinski definition) is 0. The highest BCUT2D eigenvalue weighted by molar-refractivity contribution is 5.89. The second-order valence-electron chi connectivity index (χ2n) is 7.28. The summed E-state index contributed by atoms with van der Waals surface area (Å²) < 4.78 is 5.92. The molecule has 0 aliphatic heterocycles. The minimum Gasteiger partial charge on any atom is -0.454 e. The van der Waals surface area contributed by atoms with Gasteiger partial charge in [-0.25, -0.2) is 4.79 Å². The zero-order chi connectivity index (χ0) is 18.9. The number of carbonyl (C=O) groups excluding carboxylic acids is 1. The van der Waals surface area contributed by atoms with Gasteiger partial charge in [0, 0.05) is 5.92 Å². The van der Waals surface area contributed by atoms with Crippen LogP contribution in [0, 0.1) is 0 Å². The van der Waals surface area contributed by atoms with E-state index in [-0.39, 0.29) is 18.0 Å². The van der Waals surface area contributed by atoms with Crippen LogP contribution in [0.4, 0.5) is 0 Å². The van der Waals surface area contributed by atoms with Crippen LogP contribution in [0.3, 0.4) is 0 Å². The zero-order valence-electron chi connectivity index (χ0n) is 15.4. The molecule has 0 spiro atoms. The van der Waals surface area contributed by atoms with Crippen molar-refractivity contribution < 1.29 is 9.53 Å². The quantitative estimate of drug-likeness (QED) is 0.400. The van der Waals surface area contributed by atoms with E-state index in [1.165, 1.54) is 21.9 Å². The lowest BCUT2D eigenvalue weighted by atomic mass is 9.91. The van der Waals surface area contributed by atoms with Gasteiger partial charge in [-0.2, -0.15) is 0 Å². The Balaban J connectivity index is 1.48. The molecule has 0 saturated carbocycles. The van der Waals surface area contributed by atoms with Gasteiger partial charge >= 0.3 is 5.97 Å². The molecule has 0 amide bonds. The van der Waals surface area contributed by atoms with Gasteiger partial charge in [0.25, 0.3) is 0 Å². The normalized spacial score (nSPS) is 18.0. The Morgan fingerprint density at radius 2 is 1.39 bits per heavy atom. The minimum atomic E-state index is -0.264. The Morgan fingerprint density at radius 1 is 0.714 bits per heavy atom. The van der Waals surface area contributed by atoms with Gasteiger partial charge in [-0.3, -0.25) is 0 Å². The third-order valence-electron chi connectivity index (χ3n) is 5.60. The molecule has 0 unspecified atom stereocenters. The van der Waals surface area contributed by atoms with Crippen LogP contribution in [0.2, 0.25) is 0 Å². The Kier molecular flexibility index (Phi) is 4.17. The molecule has 0 bridgehead atoms. The molecule has 1 aliphatic carbocycles. The summed E-state index contributed by atoms with van der Waals surface area (Å²) in [5, 5.41) is 2.48. The SMILES string of the molecule is O=C(O[C@@H]1C[C@@H](c2ccc3ccccc3c2)c2ccccc21)c1ccccc1. The van der Waals surface area contributed by atoms with Gasteiger partial charge < -0.3 is 4.74 Å². The number of esters is 1. The molecule has 4 aromatic rings. The maximum atomic E-state index is 12.6. The molecule has 5 rings (SSSR count). The number of benzene rings is 4. The van der Waals surface area contributed by atoms with E-state index in [4.69, 9.17) is 4.74 Å². The van der Waals surface area contributed by atoms with Crippen molar-refractivity contribution in [2.45, 2.75) is 18.4 Å². The van der Waals surface area contributed by atoms with Crippen LogP contribution in [-0.4, -0.2) is 5.97 Å². The number of fused-ring (bicyclic) bond motifs is 2. The molecule has 2 heteroatoms. The van der Waals surface area contributed by atoms with E-state index in [1.807, 2.05) is 24.3 Å². The fraction of sp³-hybridized carbons (Fsp3) is 0.115. The molecule has 0 saturated heterocycles. The average molecular weight is 364 g/mol. The lowest BCUT2D eigenvalue weighted by molar-refractivity contribution is 0.0295. The average Bonchev–Trinajstić information content (AvgIpc) is 3.12. The van der Waals surface area contributed by atoms with Crippen LogP contribution in [0.1, 0.15) is 45.5 Å². The van der Waals surface area contributed by atoms with Crippen LogP contribution in [0.15, 0.2) is 97.1 Å². The van der Waals surface area contributed by atoms with Gasteiger partial charge in [0.05, 0.1) is 5.56 Å². The van der Waals surface area contributed by atoms with Crippen molar-refractivity contribution >= 4 is 16.7 Å². The van der Waals surface area contributed by atoms with E-state index >= 15 is 0 Å². The van der Waals surface area contributed by atoms with E-state index in [1.54, 1.807) is 12.1 Å².